The van der Waals surface area contributed by atoms with Crippen LogP contribution in [0.5, 0.6) is 5.75 Å². The average Bonchev–Trinajstić information content (AvgIpc) is 2.29. The second kappa shape index (κ2) is 6.79. The first-order valence-corrected chi connectivity index (χ1v) is 6.87. The molecule has 0 heterocycles. The van der Waals surface area contributed by atoms with Crippen LogP contribution in [0.4, 0.5) is 0 Å². The molecule has 2 nitrogen and oxygen atoms in total. The van der Waals surface area contributed by atoms with Gasteiger partial charge in [0.1, 0.15) is 12.4 Å². The minimum atomic E-state index is 0.206. The van der Waals surface area contributed by atoms with E-state index in [0.29, 0.717) is 12.6 Å². The van der Waals surface area contributed by atoms with Gasteiger partial charge in [-0.1, -0.05) is 45.9 Å². The number of hydrogen-bond donors (Lipinski definition) is 1. The molecule has 0 aromatic heterocycles. The Balaban J connectivity index is 2.59. The van der Waals surface area contributed by atoms with Crippen LogP contribution in [-0.4, -0.2) is 19.2 Å². The Labute approximate surface area is 112 Å². The van der Waals surface area contributed by atoms with Gasteiger partial charge in [-0.15, -0.1) is 0 Å². The Hall–Kier alpha value is -1.02. The van der Waals surface area contributed by atoms with Crippen molar-refractivity contribution in [2.24, 2.45) is 5.41 Å². The predicted octanol–water partition coefficient (Wildman–Crippen LogP) is 3.79. The minimum Gasteiger partial charge on any atom is -0.492 e. The monoisotopic (exact) mass is 249 g/mol. The van der Waals surface area contributed by atoms with Crippen molar-refractivity contribution in [1.82, 2.24) is 5.32 Å². The zero-order valence-electron chi connectivity index (χ0n) is 12.4. The Kier molecular flexibility index (Phi) is 5.67. The van der Waals surface area contributed by atoms with Crippen LogP contribution >= 0.6 is 0 Å². The maximum atomic E-state index is 5.96. The highest BCUT2D eigenvalue weighted by atomic mass is 16.5. The molecule has 18 heavy (non-hydrogen) atoms. The van der Waals surface area contributed by atoms with Crippen LogP contribution in [0, 0.1) is 12.3 Å². The van der Waals surface area contributed by atoms with Crippen molar-refractivity contribution in [3.63, 3.8) is 0 Å². The summed E-state index contributed by atoms with van der Waals surface area (Å²) in [4.78, 5) is 0. The fourth-order valence-corrected chi connectivity index (χ4v) is 1.83. The molecule has 0 bridgehead atoms. The van der Waals surface area contributed by atoms with Crippen LogP contribution in [0.2, 0.25) is 0 Å². The Morgan fingerprint density at radius 3 is 2.44 bits per heavy atom. The minimum absolute atomic E-state index is 0.206. The summed E-state index contributed by atoms with van der Waals surface area (Å²) in [6.07, 6.45) is 1.15. The lowest BCUT2D eigenvalue weighted by Gasteiger charge is -2.31. The number of para-hydroxylation sites is 1. The SMILES string of the molecule is CCCNC(COc1ccccc1C)C(C)(C)C. The fourth-order valence-electron chi connectivity index (χ4n) is 1.83. The smallest absolute Gasteiger partial charge is 0.122 e. The van der Waals surface area contributed by atoms with Crippen molar-refractivity contribution < 1.29 is 4.74 Å². The van der Waals surface area contributed by atoms with Gasteiger partial charge in [0.25, 0.3) is 0 Å². The standard InChI is InChI=1S/C16H27NO/c1-6-11-17-15(16(3,4)5)12-18-14-10-8-7-9-13(14)2/h7-10,15,17H,6,11-12H2,1-5H3. The maximum Gasteiger partial charge on any atom is 0.122 e. The number of aryl methyl sites for hydroxylation is 1. The zero-order valence-corrected chi connectivity index (χ0v) is 12.4. The van der Waals surface area contributed by atoms with Gasteiger partial charge in [-0.05, 0) is 36.9 Å². The van der Waals surface area contributed by atoms with Crippen molar-refractivity contribution in [3.05, 3.63) is 29.8 Å². The molecule has 1 rings (SSSR count). The topological polar surface area (TPSA) is 21.3 Å². The van der Waals surface area contributed by atoms with Crippen LogP contribution in [0.25, 0.3) is 0 Å². The largest absolute Gasteiger partial charge is 0.492 e. The summed E-state index contributed by atoms with van der Waals surface area (Å²) in [7, 11) is 0. The highest BCUT2D eigenvalue weighted by molar-refractivity contribution is 5.31. The van der Waals surface area contributed by atoms with Gasteiger partial charge in [0.15, 0.2) is 0 Å². The van der Waals surface area contributed by atoms with Crippen LogP contribution in [0.3, 0.4) is 0 Å². The zero-order chi connectivity index (χ0) is 13.6. The van der Waals surface area contributed by atoms with Gasteiger partial charge in [0.05, 0.1) is 0 Å². The molecule has 1 aromatic rings. The fraction of sp³-hybridized carbons (Fsp3) is 0.625. The first-order chi connectivity index (χ1) is 8.45. The van der Waals surface area contributed by atoms with E-state index < -0.39 is 0 Å². The molecule has 0 aliphatic rings. The molecule has 0 amide bonds. The molecule has 0 fully saturated rings. The van der Waals surface area contributed by atoms with Gasteiger partial charge in [-0.3, -0.25) is 0 Å². The van der Waals surface area contributed by atoms with Gasteiger partial charge in [0, 0.05) is 6.04 Å². The molecule has 0 aliphatic heterocycles. The third-order valence-electron chi connectivity index (χ3n) is 3.19. The molecule has 1 aromatic carbocycles. The van der Waals surface area contributed by atoms with Gasteiger partial charge >= 0.3 is 0 Å². The second-order valence-electron chi connectivity index (χ2n) is 5.95. The Morgan fingerprint density at radius 1 is 1.22 bits per heavy atom. The predicted molar refractivity (Wildman–Crippen MR) is 78.2 cm³/mol. The van der Waals surface area contributed by atoms with E-state index in [4.69, 9.17) is 4.74 Å². The van der Waals surface area contributed by atoms with Gasteiger partial charge in [-0.25, -0.2) is 0 Å². The lowest BCUT2D eigenvalue weighted by atomic mass is 9.87. The third-order valence-corrected chi connectivity index (χ3v) is 3.19. The summed E-state index contributed by atoms with van der Waals surface area (Å²) < 4.78 is 5.96. The lowest BCUT2D eigenvalue weighted by Crippen LogP contribution is -2.45. The molecule has 1 atom stereocenters. The third kappa shape index (κ3) is 4.69. The van der Waals surface area contributed by atoms with Gasteiger partial charge in [0.2, 0.25) is 0 Å². The summed E-state index contributed by atoms with van der Waals surface area (Å²) in [6.45, 7) is 12.8. The number of benzene rings is 1. The average molecular weight is 249 g/mol. The highest BCUT2D eigenvalue weighted by Crippen LogP contribution is 2.22. The molecule has 2 heteroatoms. The van der Waals surface area contributed by atoms with Crippen molar-refractivity contribution >= 4 is 0 Å². The molecule has 0 saturated carbocycles. The van der Waals surface area contributed by atoms with Crippen LogP contribution in [0.1, 0.15) is 39.7 Å². The van der Waals surface area contributed by atoms with Crippen LogP contribution < -0.4 is 10.1 Å². The van der Waals surface area contributed by atoms with Crippen LogP contribution in [-0.2, 0) is 0 Å². The summed E-state index contributed by atoms with van der Waals surface area (Å²) in [5, 5.41) is 3.57. The van der Waals surface area contributed by atoms with Crippen molar-refractivity contribution in [3.8, 4) is 5.75 Å². The molecule has 102 valence electrons. The number of rotatable bonds is 6. The number of hydrogen-bond acceptors (Lipinski definition) is 2. The quantitative estimate of drug-likeness (QED) is 0.828. The van der Waals surface area contributed by atoms with E-state index >= 15 is 0 Å². The normalized spacial score (nSPS) is 13.4. The Morgan fingerprint density at radius 2 is 1.89 bits per heavy atom. The lowest BCUT2D eigenvalue weighted by molar-refractivity contribution is 0.173. The van der Waals surface area contributed by atoms with E-state index in [0.717, 1.165) is 18.7 Å². The molecular formula is C16H27NO. The summed E-state index contributed by atoms with van der Waals surface area (Å²) >= 11 is 0. The van der Waals surface area contributed by atoms with E-state index in [-0.39, 0.29) is 5.41 Å². The Bertz CT molecular complexity index is 354. The molecular weight excluding hydrogens is 222 g/mol. The number of nitrogens with one attached hydrogen (secondary N) is 1. The van der Waals surface area contributed by atoms with Crippen molar-refractivity contribution in [2.75, 3.05) is 13.2 Å². The molecule has 1 N–H and O–H groups in total. The first kappa shape index (κ1) is 15.0. The molecule has 1 unspecified atom stereocenters. The van der Waals surface area contributed by atoms with Gasteiger partial charge < -0.3 is 10.1 Å². The maximum absolute atomic E-state index is 5.96. The van der Waals surface area contributed by atoms with Gasteiger partial charge in [-0.2, -0.15) is 0 Å². The summed E-state index contributed by atoms with van der Waals surface area (Å²) in [5.41, 5.74) is 1.40. The van der Waals surface area contributed by atoms with E-state index in [9.17, 15) is 0 Å². The first-order valence-electron chi connectivity index (χ1n) is 6.87. The van der Waals surface area contributed by atoms with Crippen LogP contribution in [0.15, 0.2) is 24.3 Å². The molecule has 0 radical (unpaired) electrons. The summed E-state index contributed by atoms with van der Waals surface area (Å²) in [6, 6.07) is 8.56. The van der Waals surface area contributed by atoms with Crippen molar-refractivity contribution in [1.29, 1.82) is 0 Å². The molecule has 0 aliphatic carbocycles. The number of ether oxygens (including phenoxy) is 1. The molecule has 0 spiro atoms. The van der Waals surface area contributed by atoms with E-state index in [1.54, 1.807) is 0 Å². The highest BCUT2D eigenvalue weighted by Gasteiger charge is 2.24. The summed E-state index contributed by atoms with van der Waals surface area (Å²) in [5.74, 6) is 0.991. The van der Waals surface area contributed by atoms with E-state index in [1.807, 2.05) is 18.2 Å². The van der Waals surface area contributed by atoms with E-state index in [1.165, 1.54) is 5.56 Å². The molecule has 0 saturated heterocycles. The van der Waals surface area contributed by atoms with E-state index in [2.05, 4.69) is 46.0 Å². The second-order valence-corrected chi connectivity index (χ2v) is 5.95. The van der Waals surface area contributed by atoms with Crippen molar-refractivity contribution in [2.45, 2.75) is 47.1 Å².